The van der Waals surface area contributed by atoms with E-state index in [1.807, 2.05) is 38.1 Å². The molecule has 3 heteroatoms. The van der Waals surface area contributed by atoms with Gasteiger partial charge in [-0.2, -0.15) is 0 Å². The second-order valence-electron chi connectivity index (χ2n) is 5.07. The number of hydrogen-bond donors (Lipinski definition) is 1. The van der Waals surface area contributed by atoms with E-state index in [0.717, 1.165) is 43.5 Å². The predicted octanol–water partition coefficient (Wildman–Crippen LogP) is 3.22. The number of benzene rings is 1. The van der Waals surface area contributed by atoms with Gasteiger partial charge in [-0.3, -0.25) is 0 Å². The van der Waals surface area contributed by atoms with Gasteiger partial charge in [-0.15, -0.1) is 0 Å². The molecular weight excluding hydrogens is 226 g/mol. The number of para-hydroxylation sites is 1. The van der Waals surface area contributed by atoms with E-state index in [1.165, 1.54) is 0 Å². The highest BCUT2D eigenvalue weighted by Gasteiger charge is 2.46. The van der Waals surface area contributed by atoms with E-state index in [-0.39, 0.29) is 0 Å². The van der Waals surface area contributed by atoms with Crippen LogP contribution in [0.4, 0.5) is 5.69 Å². The lowest BCUT2D eigenvalue weighted by molar-refractivity contribution is -0.143. The summed E-state index contributed by atoms with van der Waals surface area (Å²) >= 11 is 0. The van der Waals surface area contributed by atoms with Crippen molar-refractivity contribution in [3.63, 3.8) is 0 Å². The molecule has 0 saturated heterocycles. The molecular formula is C15H21NO2. The Hall–Kier alpha value is -1.51. The number of likely N-dealkylation sites (N-methyl/N-ethyl adjacent to an activating group) is 1. The van der Waals surface area contributed by atoms with Crippen LogP contribution in [-0.4, -0.2) is 23.2 Å². The summed E-state index contributed by atoms with van der Waals surface area (Å²) in [6.45, 7) is 4.81. The number of rotatable bonds is 4. The van der Waals surface area contributed by atoms with Gasteiger partial charge in [0, 0.05) is 12.2 Å². The van der Waals surface area contributed by atoms with Crippen LogP contribution in [-0.2, 0) is 4.79 Å². The minimum atomic E-state index is -0.694. The zero-order chi connectivity index (χ0) is 13.2. The quantitative estimate of drug-likeness (QED) is 0.888. The lowest BCUT2D eigenvalue weighted by Gasteiger charge is -2.39. The summed E-state index contributed by atoms with van der Waals surface area (Å²) in [7, 11) is 0. The van der Waals surface area contributed by atoms with Crippen LogP contribution in [0, 0.1) is 6.92 Å². The molecule has 98 valence electrons. The van der Waals surface area contributed by atoms with Gasteiger partial charge < -0.3 is 10.0 Å². The average Bonchev–Trinajstić information content (AvgIpc) is 2.83. The van der Waals surface area contributed by atoms with Crippen molar-refractivity contribution in [1.82, 2.24) is 0 Å². The first-order valence-corrected chi connectivity index (χ1v) is 6.68. The number of carboxylic acid groups (broad SMARTS) is 1. The van der Waals surface area contributed by atoms with E-state index in [0.29, 0.717) is 0 Å². The molecule has 0 unspecified atom stereocenters. The van der Waals surface area contributed by atoms with Crippen LogP contribution in [0.1, 0.15) is 38.2 Å². The van der Waals surface area contributed by atoms with E-state index in [4.69, 9.17) is 0 Å². The first kappa shape index (κ1) is 12.9. The fraction of sp³-hybridized carbons (Fsp3) is 0.533. The number of nitrogens with zero attached hydrogens (tertiary/aromatic N) is 1. The van der Waals surface area contributed by atoms with Crippen molar-refractivity contribution in [3.8, 4) is 0 Å². The molecule has 18 heavy (non-hydrogen) atoms. The largest absolute Gasteiger partial charge is 0.479 e. The second-order valence-corrected chi connectivity index (χ2v) is 5.07. The Morgan fingerprint density at radius 1 is 1.33 bits per heavy atom. The van der Waals surface area contributed by atoms with Crippen LogP contribution in [0.25, 0.3) is 0 Å². The van der Waals surface area contributed by atoms with E-state index in [1.54, 1.807) is 0 Å². The highest BCUT2D eigenvalue weighted by atomic mass is 16.4. The van der Waals surface area contributed by atoms with Crippen LogP contribution in [0.2, 0.25) is 0 Å². The molecule has 0 amide bonds. The monoisotopic (exact) mass is 247 g/mol. The van der Waals surface area contributed by atoms with Gasteiger partial charge in [-0.25, -0.2) is 4.79 Å². The van der Waals surface area contributed by atoms with Crippen LogP contribution in [0.5, 0.6) is 0 Å². The molecule has 1 saturated carbocycles. The molecule has 1 aromatic carbocycles. The number of carboxylic acids is 1. The Morgan fingerprint density at radius 2 is 1.94 bits per heavy atom. The molecule has 0 aliphatic heterocycles. The average molecular weight is 247 g/mol. The summed E-state index contributed by atoms with van der Waals surface area (Å²) < 4.78 is 0. The Bertz CT molecular complexity index is 436. The van der Waals surface area contributed by atoms with E-state index < -0.39 is 11.5 Å². The van der Waals surface area contributed by atoms with Gasteiger partial charge in [0.25, 0.3) is 0 Å². The lowest BCUT2D eigenvalue weighted by Crippen LogP contribution is -2.53. The van der Waals surface area contributed by atoms with Gasteiger partial charge in [-0.05, 0) is 38.3 Å². The molecule has 0 aromatic heterocycles. The fourth-order valence-electron chi connectivity index (χ4n) is 3.13. The lowest BCUT2D eigenvalue weighted by atomic mass is 9.93. The van der Waals surface area contributed by atoms with Crippen molar-refractivity contribution in [2.24, 2.45) is 0 Å². The van der Waals surface area contributed by atoms with Crippen LogP contribution in [0.15, 0.2) is 24.3 Å². The van der Waals surface area contributed by atoms with Gasteiger partial charge in [0.05, 0.1) is 0 Å². The zero-order valence-corrected chi connectivity index (χ0v) is 11.1. The summed E-state index contributed by atoms with van der Waals surface area (Å²) in [5, 5.41) is 9.68. The van der Waals surface area contributed by atoms with Gasteiger partial charge in [0.2, 0.25) is 0 Å². The van der Waals surface area contributed by atoms with Gasteiger partial charge in [-0.1, -0.05) is 31.0 Å². The third-order valence-corrected chi connectivity index (χ3v) is 4.07. The first-order chi connectivity index (χ1) is 8.62. The Labute approximate surface area is 108 Å². The highest BCUT2D eigenvalue weighted by Crippen LogP contribution is 2.39. The maximum absolute atomic E-state index is 11.8. The van der Waals surface area contributed by atoms with Crippen LogP contribution >= 0.6 is 0 Å². The molecule has 0 heterocycles. The van der Waals surface area contributed by atoms with Crippen molar-refractivity contribution < 1.29 is 9.90 Å². The molecule has 1 aliphatic rings. The number of aliphatic carboxylic acids is 1. The molecule has 0 spiro atoms. The minimum absolute atomic E-state index is 0.676. The summed E-state index contributed by atoms with van der Waals surface area (Å²) in [5.41, 5.74) is 1.51. The first-order valence-electron chi connectivity index (χ1n) is 6.68. The van der Waals surface area contributed by atoms with E-state index >= 15 is 0 Å². The number of aryl methyl sites for hydroxylation is 1. The smallest absolute Gasteiger partial charge is 0.329 e. The van der Waals surface area contributed by atoms with Crippen molar-refractivity contribution in [3.05, 3.63) is 29.8 Å². The Kier molecular flexibility index (Phi) is 3.60. The molecule has 1 N–H and O–H groups in total. The van der Waals surface area contributed by atoms with Gasteiger partial charge >= 0.3 is 5.97 Å². The zero-order valence-electron chi connectivity index (χ0n) is 11.1. The molecule has 0 bridgehead atoms. The molecule has 1 aromatic rings. The molecule has 1 fully saturated rings. The highest BCUT2D eigenvalue weighted by molar-refractivity contribution is 5.84. The predicted molar refractivity (Wildman–Crippen MR) is 73.0 cm³/mol. The summed E-state index contributed by atoms with van der Waals surface area (Å²) in [6.07, 6.45) is 3.53. The van der Waals surface area contributed by atoms with E-state index in [2.05, 4.69) is 4.90 Å². The van der Waals surface area contributed by atoms with Crippen molar-refractivity contribution >= 4 is 11.7 Å². The van der Waals surface area contributed by atoms with Crippen molar-refractivity contribution in [2.75, 3.05) is 11.4 Å². The van der Waals surface area contributed by atoms with Gasteiger partial charge in [0.15, 0.2) is 0 Å². The molecule has 0 atom stereocenters. The molecule has 2 rings (SSSR count). The SMILES string of the molecule is CCN(c1ccccc1C)C1(C(=O)O)CCCC1. The molecule has 3 nitrogen and oxygen atoms in total. The number of hydrogen-bond acceptors (Lipinski definition) is 2. The molecule has 0 radical (unpaired) electrons. The normalized spacial score (nSPS) is 17.7. The number of anilines is 1. The standard InChI is InChI=1S/C15H21NO2/c1-3-16(13-9-5-4-8-12(13)2)15(14(17)18)10-6-7-11-15/h4-5,8-9H,3,6-7,10-11H2,1-2H3,(H,17,18). The van der Waals surface area contributed by atoms with Crippen molar-refractivity contribution in [1.29, 1.82) is 0 Å². The fourth-order valence-corrected chi connectivity index (χ4v) is 3.13. The Morgan fingerprint density at radius 3 is 2.44 bits per heavy atom. The second kappa shape index (κ2) is 5.01. The minimum Gasteiger partial charge on any atom is -0.479 e. The van der Waals surface area contributed by atoms with E-state index in [9.17, 15) is 9.90 Å². The maximum Gasteiger partial charge on any atom is 0.329 e. The molecule has 1 aliphatic carbocycles. The maximum atomic E-state index is 11.8. The summed E-state index contributed by atoms with van der Waals surface area (Å²) in [5.74, 6) is -0.676. The topological polar surface area (TPSA) is 40.5 Å². The third kappa shape index (κ3) is 1.98. The van der Waals surface area contributed by atoms with Crippen molar-refractivity contribution in [2.45, 2.75) is 45.1 Å². The summed E-state index contributed by atoms with van der Waals surface area (Å²) in [4.78, 5) is 13.8. The van der Waals surface area contributed by atoms with Crippen LogP contribution in [0.3, 0.4) is 0 Å². The summed E-state index contributed by atoms with van der Waals surface area (Å²) in [6, 6.07) is 8.05. The third-order valence-electron chi connectivity index (χ3n) is 4.07. The number of carbonyl (C=O) groups is 1. The van der Waals surface area contributed by atoms with Gasteiger partial charge in [0.1, 0.15) is 5.54 Å². The Balaban J connectivity index is 2.44. The van der Waals surface area contributed by atoms with Crippen LogP contribution < -0.4 is 4.90 Å².